The first-order chi connectivity index (χ1) is 8.58. The van der Waals surface area contributed by atoms with Crippen molar-refractivity contribution in [1.82, 2.24) is 4.90 Å². The number of hydrogen-bond donors (Lipinski definition) is 0. The zero-order chi connectivity index (χ0) is 13.5. The Bertz CT molecular complexity index is 305. The lowest BCUT2D eigenvalue weighted by Crippen LogP contribution is -2.41. The highest BCUT2D eigenvalue weighted by Gasteiger charge is 2.26. The van der Waals surface area contributed by atoms with Gasteiger partial charge in [0.05, 0.1) is 18.1 Å². The van der Waals surface area contributed by atoms with Gasteiger partial charge in [-0.2, -0.15) is 5.26 Å². The van der Waals surface area contributed by atoms with Crippen molar-refractivity contribution in [2.24, 2.45) is 5.92 Å². The van der Waals surface area contributed by atoms with Gasteiger partial charge in [0.1, 0.15) is 6.10 Å². The first-order valence-corrected chi connectivity index (χ1v) is 6.88. The summed E-state index contributed by atoms with van der Waals surface area (Å²) in [5, 5.41) is 8.77. The van der Waals surface area contributed by atoms with Crippen molar-refractivity contribution in [3.8, 4) is 6.07 Å². The minimum atomic E-state index is -0.344. The molecular weight excluding hydrogens is 228 g/mol. The van der Waals surface area contributed by atoms with Crippen LogP contribution < -0.4 is 0 Å². The predicted octanol–water partition coefficient (Wildman–Crippen LogP) is 2.34. The smallest absolute Gasteiger partial charge is 0.251 e. The van der Waals surface area contributed by atoms with Crippen LogP contribution in [0.3, 0.4) is 0 Å². The lowest BCUT2D eigenvalue weighted by atomic mass is 10.1. The standard InChI is InChI=1S/C14H24N2O2/c1-4-13(18-12-7-5-6-8-12)14(17)16(3)10-11(2)9-15/h11-13H,4-8,10H2,1-3H3/t11-,13+/m0/s1. The predicted molar refractivity (Wildman–Crippen MR) is 69.8 cm³/mol. The van der Waals surface area contributed by atoms with Crippen molar-refractivity contribution in [2.75, 3.05) is 13.6 Å². The summed E-state index contributed by atoms with van der Waals surface area (Å²) in [6, 6.07) is 2.15. The van der Waals surface area contributed by atoms with Crippen molar-refractivity contribution in [1.29, 1.82) is 5.26 Å². The molecule has 0 N–H and O–H groups in total. The van der Waals surface area contributed by atoms with E-state index in [-0.39, 0.29) is 24.0 Å². The summed E-state index contributed by atoms with van der Waals surface area (Å²) in [5.74, 6) is -0.130. The Morgan fingerprint density at radius 1 is 1.50 bits per heavy atom. The third kappa shape index (κ3) is 4.30. The number of ether oxygens (including phenoxy) is 1. The molecule has 2 atom stereocenters. The van der Waals surface area contributed by atoms with Crippen LogP contribution in [0.25, 0.3) is 0 Å². The van der Waals surface area contributed by atoms with Crippen LogP contribution in [-0.2, 0) is 9.53 Å². The highest BCUT2D eigenvalue weighted by atomic mass is 16.5. The van der Waals surface area contributed by atoms with E-state index in [1.54, 1.807) is 11.9 Å². The number of rotatable bonds is 6. The second kappa shape index (κ2) is 7.38. The van der Waals surface area contributed by atoms with E-state index in [1.807, 2.05) is 13.8 Å². The average Bonchev–Trinajstić information content (AvgIpc) is 2.87. The van der Waals surface area contributed by atoms with E-state index in [0.29, 0.717) is 13.0 Å². The molecular formula is C14H24N2O2. The Morgan fingerprint density at radius 3 is 2.61 bits per heavy atom. The molecule has 0 aromatic carbocycles. The summed E-state index contributed by atoms with van der Waals surface area (Å²) in [6.45, 7) is 4.27. The van der Waals surface area contributed by atoms with Crippen molar-refractivity contribution >= 4 is 5.91 Å². The van der Waals surface area contributed by atoms with Crippen molar-refractivity contribution < 1.29 is 9.53 Å². The molecule has 102 valence electrons. The molecule has 0 unspecified atom stereocenters. The molecule has 1 aliphatic rings. The molecule has 1 saturated carbocycles. The topological polar surface area (TPSA) is 53.3 Å². The van der Waals surface area contributed by atoms with Gasteiger partial charge in [-0.15, -0.1) is 0 Å². The van der Waals surface area contributed by atoms with Gasteiger partial charge in [-0.05, 0) is 26.2 Å². The SMILES string of the molecule is CC[C@@H](OC1CCCC1)C(=O)N(C)C[C@@H](C)C#N. The van der Waals surface area contributed by atoms with E-state index < -0.39 is 0 Å². The van der Waals surface area contributed by atoms with Gasteiger partial charge in [0.15, 0.2) is 0 Å². The molecule has 1 amide bonds. The Balaban J connectivity index is 2.47. The van der Waals surface area contributed by atoms with Crippen LogP contribution in [0.2, 0.25) is 0 Å². The molecule has 0 spiro atoms. The molecule has 1 fully saturated rings. The average molecular weight is 252 g/mol. The van der Waals surface area contributed by atoms with Gasteiger partial charge < -0.3 is 9.64 Å². The molecule has 0 saturated heterocycles. The maximum absolute atomic E-state index is 12.2. The molecule has 0 bridgehead atoms. The first-order valence-electron chi connectivity index (χ1n) is 6.88. The number of carbonyl (C=O) groups is 1. The summed E-state index contributed by atoms with van der Waals surface area (Å²) in [5.41, 5.74) is 0. The van der Waals surface area contributed by atoms with Gasteiger partial charge in [0.25, 0.3) is 5.91 Å². The van der Waals surface area contributed by atoms with Gasteiger partial charge in [0, 0.05) is 13.6 Å². The zero-order valence-electron chi connectivity index (χ0n) is 11.7. The van der Waals surface area contributed by atoms with Crippen LogP contribution in [0, 0.1) is 17.2 Å². The second-order valence-electron chi connectivity index (χ2n) is 5.19. The number of nitrogens with zero attached hydrogens (tertiary/aromatic N) is 2. The van der Waals surface area contributed by atoms with Gasteiger partial charge in [-0.25, -0.2) is 0 Å². The molecule has 0 heterocycles. The van der Waals surface area contributed by atoms with Crippen LogP contribution in [0.15, 0.2) is 0 Å². The zero-order valence-corrected chi connectivity index (χ0v) is 11.7. The Kier molecular flexibility index (Phi) is 6.14. The Labute approximate surface area is 110 Å². The third-order valence-corrected chi connectivity index (χ3v) is 3.45. The minimum Gasteiger partial charge on any atom is -0.365 e. The minimum absolute atomic E-state index is 0.00602. The second-order valence-corrected chi connectivity index (χ2v) is 5.19. The summed E-state index contributed by atoms with van der Waals surface area (Å²) in [4.78, 5) is 13.8. The van der Waals surface area contributed by atoms with Crippen LogP contribution >= 0.6 is 0 Å². The molecule has 1 aliphatic carbocycles. The molecule has 18 heavy (non-hydrogen) atoms. The highest BCUT2D eigenvalue weighted by molar-refractivity contribution is 5.80. The summed E-state index contributed by atoms with van der Waals surface area (Å²) < 4.78 is 5.88. The van der Waals surface area contributed by atoms with E-state index in [9.17, 15) is 4.79 Å². The van der Waals surface area contributed by atoms with E-state index >= 15 is 0 Å². The van der Waals surface area contributed by atoms with E-state index in [1.165, 1.54) is 12.8 Å². The maximum atomic E-state index is 12.2. The lowest BCUT2D eigenvalue weighted by Gasteiger charge is -2.26. The van der Waals surface area contributed by atoms with E-state index in [2.05, 4.69) is 6.07 Å². The molecule has 0 radical (unpaired) electrons. The van der Waals surface area contributed by atoms with Crippen LogP contribution in [-0.4, -0.2) is 36.6 Å². The number of likely N-dealkylation sites (N-methyl/N-ethyl adjacent to an activating group) is 1. The number of hydrogen-bond acceptors (Lipinski definition) is 3. The Morgan fingerprint density at radius 2 is 2.11 bits per heavy atom. The summed E-state index contributed by atoms with van der Waals surface area (Å²) >= 11 is 0. The normalized spacial score (nSPS) is 19.2. The summed E-state index contributed by atoms with van der Waals surface area (Å²) in [7, 11) is 1.75. The third-order valence-electron chi connectivity index (χ3n) is 3.45. The number of amides is 1. The summed E-state index contributed by atoms with van der Waals surface area (Å²) in [6.07, 6.45) is 5.16. The van der Waals surface area contributed by atoms with Gasteiger partial charge in [0.2, 0.25) is 0 Å². The molecule has 1 rings (SSSR count). The van der Waals surface area contributed by atoms with Gasteiger partial charge in [-0.3, -0.25) is 4.79 Å². The van der Waals surface area contributed by atoms with Crippen molar-refractivity contribution in [3.05, 3.63) is 0 Å². The van der Waals surface area contributed by atoms with Crippen LogP contribution in [0.4, 0.5) is 0 Å². The van der Waals surface area contributed by atoms with Gasteiger partial charge >= 0.3 is 0 Å². The van der Waals surface area contributed by atoms with Crippen LogP contribution in [0.1, 0.15) is 46.0 Å². The number of carbonyl (C=O) groups excluding carboxylic acids is 1. The van der Waals surface area contributed by atoms with E-state index in [0.717, 1.165) is 12.8 Å². The van der Waals surface area contributed by atoms with Gasteiger partial charge in [-0.1, -0.05) is 19.8 Å². The first kappa shape index (κ1) is 15.0. The molecule has 0 aliphatic heterocycles. The molecule has 4 heteroatoms. The quantitative estimate of drug-likeness (QED) is 0.729. The van der Waals surface area contributed by atoms with E-state index in [4.69, 9.17) is 10.00 Å². The molecule has 0 aromatic rings. The largest absolute Gasteiger partial charge is 0.365 e. The molecule has 0 aromatic heterocycles. The number of nitriles is 1. The highest BCUT2D eigenvalue weighted by Crippen LogP contribution is 2.23. The van der Waals surface area contributed by atoms with Crippen molar-refractivity contribution in [3.63, 3.8) is 0 Å². The fraction of sp³-hybridized carbons (Fsp3) is 0.857. The molecule has 4 nitrogen and oxygen atoms in total. The monoisotopic (exact) mass is 252 g/mol. The van der Waals surface area contributed by atoms with Crippen LogP contribution in [0.5, 0.6) is 0 Å². The fourth-order valence-corrected chi connectivity index (χ4v) is 2.37. The van der Waals surface area contributed by atoms with Crippen molar-refractivity contribution in [2.45, 2.75) is 58.2 Å². The lowest BCUT2D eigenvalue weighted by molar-refractivity contribution is -0.146. The Hall–Kier alpha value is -1.08. The maximum Gasteiger partial charge on any atom is 0.251 e. The fourth-order valence-electron chi connectivity index (χ4n) is 2.37.